The summed E-state index contributed by atoms with van der Waals surface area (Å²) in [5, 5.41) is 14.5. The topological polar surface area (TPSA) is 125 Å². The van der Waals surface area contributed by atoms with Crippen molar-refractivity contribution in [2.45, 2.75) is 51.7 Å². The number of hydrogen-bond acceptors (Lipinski definition) is 8. The van der Waals surface area contributed by atoms with E-state index in [1.165, 1.54) is 18.5 Å². The van der Waals surface area contributed by atoms with Gasteiger partial charge in [0.15, 0.2) is 11.6 Å². The third-order valence-corrected chi connectivity index (χ3v) is 8.34. The minimum Gasteiger partial charge on any atom is -0.435 e. The van der Waals surface area contributed by atoms with Gasteiger partial charge in [-0.3, -0.25) is 0 Å². The Morgan fingerprint density at radius 1 is 1.24 bits per heavy atom. The van der Waals surface area contributed by atoms with Crippen molar-refractivity contribution in [3.63, 3.8) is 0 Å². The lowest BCUT2D eigenvalue weighted by Gasteiger charge is -2.65. The van der Waals surface area contributed by atoms with Gasteiger partial charge >= 0.3 is 0 Å². The van der Waals surface area contributed by atoms with Crippen molar-refractivity contribution in [1.82, 2.24) is 19.9 Å². The molecule has 1 spiro atoms. The van der Waals surface area contributed by atoms with Gasteiger partial charge in [0.1, 0.15) is 17.7 Å². The smallest absolute Gasteiger partial charge is 0.226 e. The lowest BCUT2D eigenvalue weighted by Crippen LogP contribution is -2.75. The summed E-state index contributed by atoms with van der Waals surface area (Å²) in [6, 6.07) is 3.05. The summed E-state index contributed by atoms with van der Waals surface area (Å²) in [7, 11) is 1.78. The van der Waals surface area contributed by atoms with Crippen LogP contribution in [0, 0.1) is 11.2 Å². The number of nitrogens with zero attached hydrogens (tertiary/aromatic N) is 4. The minimum absolute atomic E-state index is 0.0730. The second kappa shape index (κ2) is 8.26. The van der Waals surface area contributed by atoms with E-state index in [-0.39, 0.29) is 16.8 Å². The number of aryl methyl sites for hydroxylation is 1. The molecule has 5 N–H and O–H groups in total. The summed E-state index contributed by atoms with van der Waals surface area (Å²) in [5.74, 6) is 1.62. The van der Waals surface area contributed by atoms with E-state index >= 15 is 0 Å². The first-order valence-electron chi connectivity index (χ1n) is 12.7. The average molecular weight is 506 g/mol. The molecule has 2 atom stereocenters. The molecule has 10 heteroatoms. The van der Waals surface area contributed by atoms with Gasteiger partial charge in [-0.15, -0.1) is 0 Å². The van der Waals surface area contributed by atoms with Gasteiger partial charge in [-0.1, -0.05) is 6.92 Å². The number of nitrogens with one attached hydrogen (secondary N) is 2. The Morgan fingerprint density at radius 3 is 2.54 bits per heavy atom. The normalized spacial score (nSPS) is 21.2. The van der Waals surface area contributed by atoms with Crippen LogP contribution in [0.25, 0.3) is 21.8 Å². The number of halogens is 1. The summed E-state index contributed by atoms with van der Waals surface area (Å²) in [6.07, 6.45) is 5.04. The minimum atomic E-state index is -0.770. The first-order valence-corrected chi connectivity index (χ1v) is 12.7. The van der Waals surface area contributed by atoms with Gasteiger partial charge in [0.25, 0.3) is 0 Å². The molecule has 4 heterocycles. The van der Waals surface area contributed by atoms with Crippen LogP contribution < -0.4 is 20.7 Å². The quantitative estimate of drug-likeness (QED) is 0.304. The number of fused-ring (bicyclic) bond motifs is 3. The lowest BCUT2D eigenvalue weighted by molar-refractivity contribution is -0.0168. The van der Waals surface area contributed by atoms with Crippen molar-refractivity contribution < 1.29 is 14.2 Å². The number of ether oxygens (including phenoxy) is 1. The van der Waals surface area contributed by atoms with E-state index in [0.717, 1.165) is 59.1 Å². The van der Waals surface area contributed by atoms with E-state index in [0.29, 0.717) is 29.6 Å². The number of aromatic amines is 1. The van der Waals surface area contributed by atoms with Gasteiger partial charge < -0.3 is 30.8 Å². The van der Waals surface area contributed by atoms with Crippen LogP contribution in [0.2, 0.25) is 0 Å². The van der Waals surface area contributed by atoms with E-state index < -0.39 is 6.10 Å². The number of rotatable bonds is 6. The van der Waals surface area contributed by atoms with E-state index in [2.05, 4.69) is 32.1 Å². The molecule has 37 heavy (non-hydrogen) atoms. The molecular formula is C27H32FN7O2. The third-order valence-electron chi connectivity index (χ3n) is 8.34. The number of benzene rings is 1. The Kier molecular flexibility index (Phi) is 5.33. The molecule has 1 aromatic carbocycles. The molecule has 1 saturated heterocycles. The predicted octanol–water partition coefficient (Wildman–Crippen LogP) is 4.41. The fraction of sp³-hybridized carbons (Fsp3) is 0.444. The van der Waals surface area contributed by atoms with Gasteiger partial charge in [0.2, 0.25) is 5.88 Å². The molecule has 1 saturated carbocycles. The van der Waals surface area contributed by atoms with Gasteiger partial charge in [-0.2, -0.15) is 4.98 Å². The number of nitrogens with two attached hydrogens (primary N) is 1. The molecule has 1 aliphatic carbocycles. The Labute approximate surface area is 214 Å². The molecule has 2 fully saturated rings. The Morgan fingerprint density at radius 2 is 1.97 bits per heavy atom. The average Bonchev–Trinajstić information content (AvgIpc) is 3.21. The molecule has 194 valence electrons. The fourth-order valence-corrected chi connectivity index (χ4v) is 5.82. The van der Waals surface area contributed by atoms with Crippen molar-refractivity contribution in [2.24, 2.45) is 11.1 Å². The number of anilines is 2. The van der Waals surface area contributed by atoms with Gasteiger partial charge in [0.05, 0.1) is 34.5 Å². The van der Waals surface area contributed by atoms with Crippen molar-refractivity contribution in [1.29, 1.82) is 0 Å². The van der Waals surface area contributed by atoms with Crippen LogP contribution in [0.4, 0.5) is 15.9 Å². The number of aromatic nitrogens is 4. The molecule has 3 aromatic heterocycles. The largest absolute Gasteiger partial charge is 0.435 e. The van der Waals surface area contributed by atoms with Crippen LogP contribution in [0.3, 0.4) is 0 Å². The molecule has 1 aliphatic heterocycles. The molecule has 9 nitrogen and oxygen atoms in total. The first-order chi connectivity index (χ1) is 17.7. The van der Waals surface area contributed by atoms with Crippen LogP contribution in [0.1, 0.15) is 51.1 Å². The van der Waals surface area contributed by atoms with E-state index in [9.17, 15) is 9.50 Å². The number of pyridine rings is 1. The van der Waals surface area contributed by atoms with Crippen LogP contribution >= 0.6 is 0 Å². The second-order valence-electron chi connectivity index (χ2n) is 10.7. The van der Waals surface area contributed by atoms with Gasteiger partial charge in [-0.05, 0) is 45.2 Å². The molecule has 2 unspecified atom stereocenters. The molecular weight excluding hydrogens is 473 g/mol. The summed E-state index contributed by atoms with van der Waals surface area (Å²) in [5.41, 5.74) is 9.71. The predicted molar refractivity (Wildman–Crippen MR) is 142 cm³/mol. The lowest BCUT2D eigenvalue weighted by atomic mass is 9.52. The fourth-order valence-electron chi connectivity index (χ4n) is 5.82. The third kappa shape index (κ3) is 3.53. The maximum atomic E-state index is 14.7. The van der Waals surface area contributed by atoms with E-state index in [1.54, 1.807) is 20.0 Å². The summed E-state index contributed by atoms with van der Waals surface area (Å²) in [6.45, 7) is 7.36. The van der Waals surface area contributed by atoms with Gasteiger partial charge in [-0.25, -0.2) is 14.4 Å². The van der Waals surface area contributed by atoms with Crippen molar-refractivity contribution in [3.05, 3.63) is 41.7 Å². The van der Waals surface area contributed by atoms with Crippen molar-refractivity contribution in [2.75, 3.05) is 30.4 Å². The molecule has 4 aromatic rings. The standard InChI is InChI=1S/C27H32FN7O2/c1-5-17-22-20(18-8-15(28)9-19(30-4)21(18)33-22)24(35-12-27(13-35)7-6-26(27,3)29)34-25(17)37-16-10-31-23(14(2)36)32-11-16/h8-11,14,30,33,36H,5-7,12-13,29H2,1-4H3. The zero-order chi connectivity index (χ0) is 26.1. The number of aliphatic hydroxyl groups excluding tert-OH is 1. The zero-order valence-electron chi connectivity index (χ0n) is 21.5. The SMILES string of the molecule is CCc1c(Oc2cnc(C(C)O)nc2)nc(N2CC3(CCC3(C)N)C2)c2c1[nH]c1c(NC)cc(F)cc12. The molecule has 0 radical (unpaired) electrons. The van der Waals surface area contributed by atoms with Crippen LogP contribution in [0.15, 0.2) is 24.5 Å². The highest BCUT2D eigenvalue weighted by atomic mass is 19.1. The Hall–Kier alpha value is -3.50. The molecule has 0 amide bonds. The maximum absolute atomic E-state index is 14.7. The zero-order valence-corrected chi connectivity index (χ0v) is 21.5. The van der Waals surface area contributed by atoms with Crippen molar-refractivity contribution >= 4 is 33.3 Å². The maximum Gasteiger partial charge on any atom is 0.226 e. The molecule has 0 bridgehead atoms. The first kappa shape index (κ1) is 23.9. The number of aliphatic hydroxyl groups is 1. The van der Waals surface area contributed by atoms with E-state index in [4.69, 9.17) is 15.5 Å². The van der Waals surface area contributed by atoms with Crippen LogP contribution in [-0.4, -0.2) is 50.7 Å². The van der Waals surface area contributed by atoms with Crippen LogP contribution in [-0.2, 0) is 6.42 Å². The summed E-state index contributed by atoms with van der Waals surface area (Å²) in [4.78, 5) is 19.2. The number of H-pyrrole nitrogens is 1. The Bertz CT molecular complexity index is 1510. The van der Waals surface area contributed by atoms with Crippen LogP contribution in [0.5, 0.6) is 11.6 Å². The highest BCUT2D eigenvalue weighted by Crippen LogP contribution is 2.56. The van der Waals surface area contributed by atoms with E-state index in [1.807, 2.05) is 6.92 Å². The molecule has 6 rings (SSSR count). The summed E-state index contributed by atoms with van der Waals surface area (Å²) < 4.78 is 20.9. The highest BCUT2D eigenvalue weighted by Gasteiger charge is 2.60. The van der Waals surface area contributed by atoms with Gasteiger partial charge in [0, 0.05) is 42.0 Å². The monoisotopic (exact) mass is 505 g/mol. The molecule has 2 aliphatic rings. The van der Waals surface area contributed by atoms with Crippen molar-refractivity contribution in [3.8, 4) is 11.6 Å². The highest BCUT2D eigenvalue weighted by molar-refractivity contribution is 6.17. The Balaban J connectivity index is 1.52. The number of hydrogen-bond donors (Lipinski definition) is 4. The second-order valence-corrected chi connectivity index (χ2v) is 10.7. The summed E-state index contributed by atoms with van der Waals surface area (Å²) >= 11 is 0.